The highest BCUT2D eigenvalue weighted by atomic mass is 32.2. The van der Waals surface area contributed by atoms with Crippen LogP contribution in [0.3, 0.4) is 0 Å². The Morgan fingerprint density at radius 1 is 1.15 bits per heavy atom. The minimum atomic E-state index is -3.85. The number of aryl methyl sites for hydroxylation is 3. The molecule has 11 heteroatoms. The van der Waals surface area contributed by atoms with Gasteiger partial charge in [0.1, 0.15) is 11.6 Å². The lowest BCUT2D eigenvalue weighted by Gasteiger charge is -2.10. The molecule has 34 heavy (non-hydrogen) atoms. The normalized spacial score (nSPS) is 11.6. The number of halogens is 1. The van der Waals surface area contributed by atoms with E-state index in [1.54, 1.807) is 43.7 Å². The van der Waals surface area contributed by atoms with Crippen LogP contribution in [0.1, 0.15) is 39.6 Å². The molecule has 0 radical (unpaired) electrons. The lowest BCUT2D eigenvalue weighted by molar-refractivity contribution is -0.142. The second-order valence-corrected chi connectivity index (χ2v) is 9.68. The van der Waals surface area contributed by atoms with Crippen molar-refractivity contribution >= 4 is 21.8 Å². The number of rotatable bonds is 10. The quantitative estimate of drug-likeness (QED) is 0.345. The van der Waals surface area contributed by atoms with Gasteiger partial charge in [-0.1, -0.05) is 12.1 Å². The number of ketones is 1. The number of imidazole rings is 1. The highest BCUT2D eigenvalue weighted by Gasteiger charge is 2.20. The second-order valence-electron chi connectivity index (χ2n) is 7.97. The topological polar surface area (TPSA) is 112 Å². The van der Waals surface area contributed by atoms with Crippen molar-refractivity contribution < 1.29 is 27.1 Å². The van der Waals surface area contributed by atoms with Crippen molar-refractivity contribution in [2.45, 2.75) is 38.8 Å². The summed E-state index contributed by atoms with van der Waals surface area (Å²) in [5.74, 6) is -0.845. The molecular weight excluding hydrogens is 463 g/mol. The number of sulfonamides is 1. The van der Waals surface area contributed by atoms with Gasteiger partial charge in [-0.05, 0) is 44.5 Å². The summed E-state index contributed by atoms with van der Waals surface area (Å²) < 4.78 is 48.5. The maximum absolute atomic E-state index is 13.1. The van der Waals surface area contributed by atoms with Crippen LogP contribution in [0, 0.1) is 26.6 Å². The number of nitrogens with zero attached hydrogens (tertiary/aromatic N) is 3. The molecule has 0 atom stereocenters. The first kappa shape index (κ1) is 25.3. The lowest BCUT2D eigenvalue weighted by Crippen LogP contribution is -2.27. The molecule has 0 saturated carbocycles. The number of ether oxygens (including phenoxy) is 1. The van der Waals surface area contributed by atoms with Gasteiger partial charge in [-0.25, -0.2) is 22.5 Å². The number of carbonyl (C=O) groups excluding carboxylic acids is 2. The molecule has 0 saturated heterocycles. The highest BCUT2D eigenvalue weighted by molar-refractivity contribution is 7.89. The summed E-state index contributed by atoms with van der Waals surface area (Å²) in [5.41, 5.74) is 2.87. The number of benzene rings is 1. The van der Waals surface area contributed by atoms with E-state index in [1.807, 2.05) is 11.5 Å². The maximum atomic E-state index is 13.1. The van der Waals surface area contributed by atoms with E-state index in [0.29, 0.717) is 23.6 Å². The van der Waals surface area contributed by atoms with E-state index in [-0.39, 0.29) is 29.6 Å². The number of aromatic nitrogens is 3. The fourth-order valence-electron chi connectivity index (χ4n) is 3.41. The SMILES string of the molecule is Cc1nc(S(=O)(=O)NCCC(=O)OCC(=O)c2cc(C)n(Cc3ccc(F)cc3)c2C)cn1C. The van der Waals surface area contributed by atoms with Gasteiger partial charge in [-0.3, -0.25) is 9.59 Å². The van der Waals surface area contributed by atoms with Crippen LogP contribution in [-0.2, 0) is 33.1 Å². The minimum Gasteiger partial charge on any atom is -0.457 e. The van der Waals surface area contributed by atoms with Gasteiger partial charge in [0, 0.05) is 43.3 Å². The predicted molar refractivity (Wildman–Crippen MR) is 122 cm³/mol. The molecule has 2 heterocycles. The number of nitrogens with one attached hydrogen (secondary N) is 1. The molecule has 1 aromatic carbocycles. The molecule has 0 aliphatic heterocycles. The first-order chi connectivity index (χ1) is 16.0. The standard InChI is InChI=1S/C23H27FN4O5S/c1-15-11-20(16(2)28(15)12-18-5-7-19(24)8-6-18)21(29)14-33-23(30)9-10-25-34(31,32)22-13-27(4)17(3)26-22/h5-8,11,13,25H,9-10,12,14H2,1-4H3. The van der Waals surface area contributed by atoms with E-state index in [1.165, 1.54) is 18.3 Å². The van der Waals surface area contributed by atoms with Crippen molar-refractivity contribution in [2.75, 3.05) is 13.2 Å². The van der Waals surface area contributed by atoms with E-state index in [9.17, 15) is 22.4 Å². The third kappa shape index (κ3) is 5.97. The number of carbonyl (C=O) groups is 2. The summed E-state index contributed by atoms with van der Waals surface area (Å²) in [6.07, 6.45) is 1.14. The van der Waals surface area contributed by atoms with Gasteiger partial charge < -0.3 is 13.9 Å². The minimum absolute atomic E-state index is 0.132. The van der Waals surface area contributed by atoms with E-state index < -0.39 is 22.6 Å². The fraction of sp³-hybridized carbons (Fsp3) is 0.348. The molecule has 0 bridgehead atoms. The third-order valence-electron chi connectivity index (χ3n) is 5.48. The van der Waals surface area contributed by atoms with Crippen LogP contribution in [-0.4, -0.2) is 47.4 Å². The van der Waals surface area contributed by atoms with Gasteiger partial charge in [0.25, 0.3) is 10.0 Å². The monoisotopic (exact) mass is 490 g/mol. The van der Waals surface area contributed by atoms with Crippen molar-refractivity contribution in [1.82, 2.24) is 18.8 Å². The Kier molecular flexibility index (Phi) is 7.68. The summed E-state index contributed by atoms with van der Waals surface area (Å²) in [6, 6.07) is 7.85. The number of hydrogen-bond acceptors (Lipinski definition) is 6. The Morgan fingerprint density at radius 2 is 1.82 bits per heavy atom. The zero-order chi connectivity index (χ0) is 25.0. The zero-order valence-electron chi connectivity index (χ0n) is 19.5. The molecular formula is C23H27FN4O5S. The van der Waals surface area contributed by atoms with E-state index in [0.717, 1.165) is 11.3 Å². The van der Waals surface area contributed by atoms with Crippen LogP contribution in [0.5, 0.6) is 0 Å². The molecule has 3 rings (SSSR count). The number of Topliss-reactive ketones (excluding diaryl/α,β-unsaturated/α-hetero) is 1. The first-order valence-corrected chi connectivity index (χ1v) is 12.1. The van der Waals surface area contributed by atoms with Crippen molar-refractivity contribution in [1.29, 1.82) is 0 Å². The summed E-state index contributed by atoms with van der Waals surface area (Å²) in [4.78, 5) is 28.6. The van der Waals surface area contributed by atoms with Crippen molar-refractivity contribution in [2.24, 2.45) is 7.05 Å². The van der Waals surface area contributed by atoms with Crippen LogP contribution in [0.4, 0.5) is 4.39 Å². The smallest absolute Gasteiger partial charge is 0.307 e. The molecule has 182 valence electrons. The van der Waals surface area contributed by atoms with Gasteiger partial charge in [0.05, 0.1) is 6.42 Å². The number of esters is 1. The Labute approximate surface area is 197 Å². The summed E-state index contributed by atoms with van der Waals surface area (Å²) in [6.45, 7) is 5.16. The third-order valence-corrected chi connectivity index (χ3v) is 6.81. The second kappa shape index (κ2) is 10.3. The molecule has 1 N–H and O–H groups in total. The molecule has 0 spiro atoms. The molecule has 3 aromatic rings. The van der Waals surface area contributed by atoms with Crippen molar-refractivity contribution in [3.63, 3.8) is 0 Å². The van der Waals surface area contributed by atoms with Gasteiger partial charge in [-0.2, -0.15) is 0 Å². The first-order valence-electron chi connectivity index (χ1n) is 10.6. The Balaban J connectivity index is 1.52. The zero-order valence-corrected chi connectivity index (χ0v) is 20.3. The summed E-state index contributed by atoms with van der Waals surface area (Å²) >= 11 is 0. The average molecular weight is 491 g/mol. The van der Waals surface area contributed by atoms with E-state index in [2.05, 4.69) is 9.71 Å². The fourth-order valence-corrected chi connectivity index (χ4v) is 4.48. The largest absolute Gasteiger partial charge is 0.457 e. The summed E-state index contributed by atoms with van der Waals surface area (Å²) in [5, 5.41) is -0.132. The molecule has 0 aliphatic rings. The van der Waals surface area contributed by atoms with Crippen LogP contribution >= 0.6 is 0 Å². The van der Waals surface area contributed by atoms with Gasteiger partial charge >= 0.3 is 5.97 Å². The highest BCUT2D eigenvalue weighted by Crippen LogP contribution is 2.18. The van der Waals surface area contributed by atoms with Crippen LogP contribution < -0.4 is 4.72 Å². The van der Waals surface area contributed by atoms with Crippen LogP contribution in [0.25, 0.3) is 0 Å². The molecule has 2 aromatic heterocycles. The van der Waals surface area contributed by atoms with Crippen LogP contribution in [0.2, 0.25) is 0 Å². The maximum Gasteiger partial charge on any atom is 0.307 e. The molecule has 0 aliphatic carbocycles. The molecule has 0 amide bonds. The van der Waals surface area contributed by atoms with Gasteiger partial charge in [0.2, 0.25) is 5.78 Å². The van der Waals surface area contributed by atoms with Crippen LogP contribution in [0.15, 0.2) is 41.6 Å². The lowest BCUT2D eigenvalue weighted by atomic mass is 10.1. The van der Waals surface area contributed by atoms with Gasteiger partial charge in [-0.15, -0.1) is 0 Å². The van der Waals surface area contributed by atoms with E-state index in [4.69, 9.17) is 4.74 Å². The van der Waals surface area contributed by atoms with E-state index >= 15 is 0 Å². The molecule has 9 nitrogen and oxygen atoms in total. The van der Waals surface area contributed by atoms with Crippen molar-refractivity contribution in [3.8, 4) is 0 Å². The number of hydrogen-bond donors (Lipinski definition) is 1. The Morgan fingerprint density at radius 3 is 2.44 bits per heavy atom. The Bertz CT molecular complexity index is 1290. The summed E-state index contributed by atoms with van der Waals surface area (Å²) in [7, 11) is -2.17. The average Bonchev–Trinajstić information content (AvgIpc) is 3.27. The Hall–Kier alpha value is -3.31. The van der Waals surface area contributed by atoms with Crippen molar-refractivity contribution in [3.05, 3.63) is 70.7 Å². The molecule has 0 unspecified atom stereocenters. The molecule has 0 fully saturated rings. The van der Waals surface area contributed by atoms with Gasteiger partial charge in [0.15, 0.2) is 11.6 Å². The predicted octanol–water partition coefficient (Wildman–Crippen LogP) is 2.43.